The Balaban J connectivity index is 0.00000152. The molecule has 0 aliphatic carbocycles. The fourth-order valence-electron chi connectivity index (χ4n) is 4.09. The Labute approximate surface area is 218 Å². The quantitative estimate of drug-likeness (QED) is 0.508. The maximum atomic E-state index is 13.5. The summed E-state index contributed by atoms with van der Waals surface area (Å²) in [5, 5.41) is 0. The molecule has 0 atom stereocenters. The van der Waals surface area contributed by atoms with E-state index in [1.54, 1.807) is 29.4 Å². The molecule has 4 heterocycles. The van der Waals surface area contributed by atoms with Gasteiger partial charge in [-0.15, -0.1) is 17.0 Å². The molecule has 2 aromatic heterocycles. The predicted molar refractivity (Wildman–Crippen MR) is 135 cm³/mol. The lowest BCUT2D eigenvalue weighted by Gasteiger charge is -2.39. The van der Waals surface area contributed by atoms with Gasteiger partial charge in [0.1, 0.15) is 5.82 Å². The molecule has 0 radical (unpaired) electrons. The van der Waals surface area contributed by atoms with Gasteiger partial charge in [0.15, 0.2) is 5.82 Å². The summed E-state index contributed by atoms with van der Waals surface area (Å²) in [6, 6.07) is 9.89. The van der Waals surface area contributed by atoms with Crippen molar-refractivity contribution in [3.05, 3.63) is 60.4 Å². The summed E-state index contributed by atoms with van der Waals surface area (Å²) in [6.07, 6.45) is 2.64. The molecule has 0 bridgehead atoms. The second-order valence-corrected chi connectivity index (χ2v) is 8.51. The third kappa shape index (κ3) is 5.97. The van der Waals surface area contributed by atoms with E-state index in [0.29, 0.717) is 37.8 Å². The Bertz CT molecular complexity index is 1120. The van der Waals surface area contributed by atoms with Crippen molar-refractivity contribution in [1.29, 1.82) is 0 Å². The van der Waals surface area contributed by atoms with Crippen molar-refractivity contribution in [2.24, 2.45) is 5.41 Å². The van der Waals surface area contributed by atoms with Crippen LogP contribution in [0.5, 0.6) is 0 Å². The maximum absolute atomic E-state index is 13.5. The first kappa shape index (κ1) is 29.5. The lowest BCUT2D eigenvalue weighted by atomic mass is 9.90. The van der Waals surface area contributed by atoms with Crippen LogP contribution >= 0.6 is 17.0 Å². The van der Waals surface area contributed by atoms with Crippen molar-refractivity contribution in [2.45, 2.75) is 13.2 Å². The number of halogens is 2. The highest BCUT2D eigenvalue weighted by Crippen LogP contribution is 2.36. The van der Waals surface area contributed by atoms with Crippen LogP contribution in [-0.4, -0.2) is 76.2 Å². The molecule has 5 N–H and O–H groups in total. The number of hydrogen-bond donors (Lipinski definition) is 1. The van der Waals surface area contributed by atoms with Crippen molar-refractivity contribution < 1.29 is 34.3 Å². The van der Waals surface area contributed by atoms with Gasteiger partial charge in [-0.3, -0.25) is 9.78 Å². The van der Waals surface area contributed by atoms with E-state index in [2.05, 4.69) is 9.97 Å². The number of nitrogens with one attached hydrogen (secondary N) is 1. The summed E-state index contributed by atoms with van der Waals surface area (Å²) >= 11 is 0. The van der Waals surface area contributed by atoms with Crippen LogP contribution in [0.3, 0.4) is 0 Å². The average Bonchev–Trinajstić information content (AvgIpc) is 3.31. The molecule has 1 amide bonds. The molecule has 196 valence electrons. The van der Waals surface area contributed by atoms with Crippen molar-refractivity contribution in [3.63, 3.8) is 0 Å². The monoisotopic (exact) mass is 568 g/mol. The lowest BCUT2D eigenvalue weighted by molar-refractivity contribution is -0.235. The van der Waals surface area contributed by atoms with Crippen LogP contribution in [0.15, 0.2) is 48.8 Å². The van der Waals surface area contributed by atoms with Gasteiger partial charge in [-0.1, -0.05) is 0 Å². The smallest absolute Gasteiger partial charge is 0.233 e. The van der Waals surface area contributed by atoms with E-state index >= 15 is 0 Å². The Kier molecular flexibility index (Phi) is 10.2. The standard InChI is InChI=1S/C24H25FN4O4.BrH.2H2O/c1-24(23(30)29-10-12-31-13-11-29)14-32-22(33-15-24)21-27-19(16-2-4-18(25)5-3-16)20(28-21)17-6-8-26-9-7-17;;;/h2-9,22H,10-15H2,1H3,(H,27,28);1H;2*1H2. The molecule has 1 aromatic carbocycles. The molecule has 5 rings (SSSR count). The third-order valence-electron chi connectivity index (χ3n) is 5.95. The van der Waals surface area contributed by atoms with Gasteiger partial charge in [-0.2, -0.15) is 0 Å². The molecule has 36 heavy (non-hydrogen) atoms. The molecule has 2 aliphatic heterocycles. The van der Waals surface area contributed by atoms with Gasteiger partial charge in [0.2, 0.25) is 12.2 Å². The average molecular weight is 569 g/mol. The van der Waals surface area contributed by atoms with Gasteiger partial charge >= 0.3 is 0 Å². The Hall–Kier alpha value is -2.74. The molecular formula is C24H30BrFN4O6. The normalized spacial score (nSPS) is 21.5. The van der Waals surface area contributed by atoms with Crippen LogP contribution in [0, 0.1) is 11.2 Å². The van der Waals surface area contributed by atoms with E-state index in [-0.39, 0.29) is 52.9 Å². The van der Waals surface area contributed by atoms with Crippen molar-refractivity contribution in [3.8, 4) is 22.5 Å². The fraction of sp³-hybridized carbons (Fsp3) is 0.375. The molecule has 0 unspecified atom stereocenters. The minimum atomic E-state index is -0.770. The van der Waals surface area contributed by atoms with E-state index in [1.807, 2.05) is 19.1 Å². The van der Waals surface area contributed by atoms with Gasteiger partial charge in [0.25, 0.3) is 0 Å². The Morgan fingerprint density at radius 1 is 1.03 bits per heavy atom. The first-order valence-electron chi connectivity index (χ1n) is 10.9. The molecule has 2 fully saturated rings. The van der Waals surface area contributed by atoms with Crippen LogP contribution < -0.4 is 0 Å². The second kappa shape index (κ2) is 12.5. The van der Waals surface area contributed by atoms with Gasteiger partial charge in [-0.05, 0) is 43.3 Å². The van der Waals surface area contributed by atoms with Gasteiger partial charge in [0, 0.05) is 36.6 Å². The minimum Gasteiger partial charge on any atom is -0.412 e. The molecule has 2 saturated heterocycles. The van der Waals surface area contributed by atoms with Crippen LogP contribution in [0.25, 0.3) is 22.5 Å². The summed E-state index contributed by atoms with van der Waals surface area (Å²) in [6.45, 7) is 4.52. The highest BCUT2D eigenvalue weighted by atomic mass is 79.9. The summed E-state index contributed by atoms with van der Waals surface area (Å²) in [4.78, 5) is 26.9. The number of ether oxygens (including phenoxy) is 3. The zero-order valence-corrected chi connectivity index (χ0v) is 21.4. The molecular weight excluding hydrogens is 539 g/mol. The van der Waals surface area contributed by atoms with E-state index in [1.165, 1.54) is 12.1 Å². The number of pyridine rings is 1. The highest BCUT2D eigenvalue weighted by molar-refractivity contribution is 8.93. The third-order valence-corrected chi connectivity index (χ3v) is 5.95. The van der Waals surface area contributed by atoms with E-state index in [4.69, 9.17) is 19.2 Å². The predicted octanol–water partition coefficient (Wildman–Crippen LogP) is 2.12. The van der Waals surface area contributed by atoms with Crippen LogP contribution in [0.4, 0.5) is 4.39 Å². The SMILES string of the molecule is Br.CC1(C(=O)N2CCOCC2)COC(c2nc(-c3ccc(F)cc3)c(-c3ccncc3)[nH]2)OC1.O.O. The number of carbonyl (C=O) groups is 1. The lowest BCUT2D eigenvalue weighted by Crippen LogP contribution is -2.53. The summed E-state index contributed by atoms with van der Waals surface area (Å²) in [5.74, 6) is 0.179. The summed E-state index contributed by atoms with van der Waals surface area (Å²) in [5.41, 5.74) is 2.28. The number of hydrogen-bond acceptors (Lipinski definition) is 6. The molecule has 3 aromatic rings. The summed E-state index contributed by atoms with van der Waals surface area (Å²) < 4.78 is 30.8. The number of H-pyrrole nitrogens is 1. The van der Waals surface area contributed by atoms with Gasteiger partial charge in [-0.25, -0.2) is 9.37 Å². The number of imidazole rings is 1. The number of amides is 1. The largest absolute Gasteiger partial charge is 0.412 e. The molecule has 12 heteroatoms. The number of benzene rings is 1. The molecule has 0 saturated carbocycles. The van der Waals surface area contributed by atoms with Gasteiger partial charge < -0.3 is 35.0 Å². The molecule has 10 nitrogen and oxygen atoms in total. The van der Waals surface area contributed by atoms with Crippen molar-refractivity contribution in [1.82, 2.24) is 19.9 Å². The zero-order chi connectivity index (χ0) is 22.8. The highest BCUT2D eigenvalue weighted by Gasteiger charge is 2.43. The first-order valence-corrected chi connectivity index (χ1v) is 10.9. The number of aromatic nitrogens is 3. The van der Waals surface area contributed by atoms with Crippen LogP contribution in [-0.2, 0) is 19.0 Å². The van der Waals surface area contributed by atoms with Crippen molar-refractivity contribution in [2.75, 3.05) is 39.5 Å². The number of nitrogens with zero attached hydrogens (tertiary/aromatic N) is 3. The first-order chi connectivity index (χ1) is 16.0. The molecule has 2 aliphatic rings. The van der Waals surface area contributed by atoms with E-state index in [9.17, 15) is 9.18 Å². The van der Waals surface area contributed by atoms with E-state index in [0.717, 1.165) is 16.8 Å². The number of aromatic amines is 1. The van der Waals surface area contributed by atoms with Crippen LogP contribution in [0.2, 0.25) is 0 Å². The van der Waals surface area contributed by atoms with Gasteiger partial charge in [0.05, 0.1) is 43.2 Å². The number of rotatable bonds is 4. The Morgan fingerprint density at radius 3 is 2.25 bits per heavy atom. The van der Waals surface area contributed by atoms with Crippen molar-refractivity contribution >= 4 is 22.9 Å². The van der Waals surface area contributed by atoms with Crippen LogP contribution in [0.1, 0.15) is 19.0 Å². The zero-order valence-electron chi connectivity index (χ0n) is 19.7. The number of morpholine rings is 1. The number of carbonyl (C=O) groups excluding carboxylic acids is 1. The second-order valence-electron chi connectivity index (χ2n) is 8.51. The van der Waals surface area contributed by atoms with E-state index < -0.39 is 11.7 Å². The Morgan fingerprint density at radius 2 is 1.64 bits per heavy atom. The maximum Gasteiger partial charge on any atom is 0.233 e. The minimum absolute atomic E-state index is 0. The topological polar surface area (TPSA) is 153 Å². The fourth-order valence-corrected chi connectivity index (χ4v) is 4.09. The molecule has 0 spiro atoms. The summed E-state index contributed by atoms with van der Waals surface area (Å²) in [7, 11) is 0.